The Balaban J connectivity index is 1.36. The smallest absolute Gasteiger partial charge is 0.352 e. The number of rotatable bonds is 9. The van der Waals surface area contributed by atoms with E-state index in [1.165, 1.54) is 0 Å². The van der Waals surface area contributed by atoms with Crippen LogP contribution in [0.15, 0.2) is 0 Å². The first-order chi connectivity index (χ1) is 18.3. The van der Waals surface area contributed by atoms with Gasteiger partial charge in [-0.2, -0.15) is 0 Å². The molecule has 208 valence electrons. The number of amides is 2. The lowest BCUT2D eigenvalue weighted by Gasteiger charge is -2.32. The molecule has 15 heteroatoms. The van der Waals surface area contributed by atoms with E-state index in [-0.39, 0.29) is 34.3 Å². The van der Waals surface area contributed by atoms with E-state index in [1.54, 1.807) is 6.92 Å². The highest BCUT2D eigenvalue weighted by Gasteiger charge is 2.30. The van der Waals surface area contributed by atoms with Crippen molar-refractivity contribution in [1.29, 1.82) is 0 Å². The highest BCUT2D eigenvalue weighted by molar-refractivity contribution is 7.17. The molecule has 0 unspecified atom stereocenters. The maximum absolute atomic E-state index is 12.9. The minimum Gasteiger partial charge on any atom is -0.445 e. The molecule has 2 fully saturated rings. The number of H-pyrrole nitrogens is 1. The van der Waals surface area contributed by atoms with Crippen molar-refractivity contribution in [2.24, 2.45) is 0 Å². The number of nitrogens with zero attached hydrogens (tertiary/aromatic N) is 3. The Morgan fingerprint density at radius 2 is 1.87 bits per heavy atom. The minimum atomic E-state index is -0.694. The number of alkyl halides is 1. The molecule has 2 aromatic rings. The van der Waals surface area contributed by atoms with Crippen LogP contribution in [0.2, 0.25) is 10.2 Å². The molecule has 2 aliphatic heterocycles. The Hall–Kier alpha value is -2.09. The van der Waals surface area contributed by atoms with Gasteiger partial charge in [0.25, 0.3) is 11.8 Å². The van der Waals surface area contributed by atoms with Gasteiger partial charge in [-0.25, -0.2) is 9.78 Å². The van der Waals surface area contributed by atoms with Crippen LogP contribution in [0.25, 0.3) is 0 Å². The number of aromatic amines is 1. The van der Waals surface area contributed by atoms with Crippen LogP contribution < -0.4 is 15.5 Å². The molecule has 2 saturated heterocycles. The van der Waals surface area contributed by atoms with Gasteiger partial charge < -0.3 is 30.0 Å². The molecule has 0 spiro atoms. The first kappa shape index (κ1) is 28.9. The number of thiazole rings is 1. The van der Waals surface area contributed by atoms with Crippen molar-refractivity contribution >= 4 is 69.1 Å². The average molecular weight is 608 g/mol. The molecule has 11 nitrogen and oxygen atoms in total. The van der Waals surface area contributed by atoms with Gasteiger partial charge in [-0.1, -0.05) is 46.1 Å². The Morgan fingerprint density at radius 1 is 1.16 bits per heavy atom. The first-order valence-corrected chi connectivity index (χ1v) is 14.3. The summed E-state index contributed by atoms with van der Waals surface area (Å²) in [4.78, 5) is 49.7. The summed E-state index contributed by atoms with van der Waals surface area (Å²) in [6.45, 7) is 6.93. The molecule has 0 aliphatic carbocycles. The van der Waals surface area contributed by atoms with E-state index in [0.717, 1.165) is 24.4 Å². The lowest BCUT2D eigenvalue weighted by molar-refractivity contribution is 0.0383. The summed E-state index contributed by atoms with van der Waals surface area (Å²) >= 11 is 18.9. The number of carbonyl (C=O) groups excluding carboxylic acids is 3. The second kappa shape index (κ2) is 13.3. The van der Waals surface area contributed by atoms with E-state index in [2.05, 4.69) is 25.5 Å². The van der Waals surface area contributed by atoms with Crippen LogP contribution in [0, 0.1) is 6.92 Å². The van der Waals surface area contributed by atoms with E-state index in [0.29, 0.717) is 73.1 Å². The number of hydrogen-bond donors (Lipinski definition) is 3. The third-order valence-corrected chi connectivity index (χ3v) is 8.52. The molecule has 0 radical (unpaired) electrons. The van der Waals surface area contributed by atoms with Crippen molar-refractivity contribution in [2.75, 3.05) is 63.4 Å². The number of anilines is 1. The normalized spacial score (nSPS) is 16.9. The first-order valence-electron chi connectivity index (χ1n) is 12.2. The molecular weight excluding hydrogens is 579 g/mol. The number of aromatic nitrogens is 2. The van der Waals surface area contributed by atoms with Crippen molar-refractivity contribution in [1.82, 2.24) is 25.5 Å². The van der Waals surface area contributed by atoms with Gasteiger partial charge in [0, 0.05) is 50.9 Å². The van der Waals surface area contributed by atoms with Crippen molar-refractivity contribution in [3.05, 3.63) is 32.0 Å². The summed E-state index contributed by atoms with van der Waals surface area (Å²) in [6, 6.07) is -0.411. The number of nitrogens with one attached hydrogen (secondary N) is 3. The van der Waals surface area contributed by atoms with Crippen molar-refractivity contribution < 1.29 is 23.9 Å². The molecule has 2 amide bonds. The van der Waals surface area contributed by atoms with Crippen LogP contribution in [-0.2, 0) is 9.47 Å². The van der Waals surface area contributed by atoms with Gasteiger partial charge in [0.1, 0.15) is 15.7 Å². The molecule has 0 saturated carbocycles. The third kappa shape index (κ3) is 6.91. The Kier molecular flexibility index (Phi) is 10.1. The Morgan fingerprint density at radius 3 is 2.50 bits per heavy atom. The highest BCUT2D eigenvalue weighted by atomic mass is 35.5. The third-order valence-electron chi connectivity index (χ3n) is 6.46. The van der Waals surface area contributed by atoms with Gasteiger partial charge in [-0.15, -0.1) is 0 Å². The van der Waals surface area contributed by atoms with E-state index in [9.17, 15) is 14.4 Å². The predicted molar refractivity (Wildman–Crippen MR) is 146 cm³/mol. The molecule has 2 aromatic heterocycles. The molecule has 38 heavy (non-hydrogen) atoms. The zero-order valence-electron chi connectivity index (χ0n) is 20.8. The summed E-state index contributed by atoms with van der Waals surface area (Å²) in [5.41, 5.74) is 0.885. The van der Waals surface area contributed by atoms with Gasteiger partial charge in [-0.05, 0) is 19.8 Å². The molecule has 0 atom stereocenters. The van der Waals surface area contributed by atoms with Crippen LogP contribution in [0.5, 0.6) is 0 Å². The Bertz CT molecular complexity index is 1160. The number of ether oxygens (including phenoxy) is 2. The van der Waals surface area contributed by atoms with Crippen LogP contribution >= 0.6 is 46.1 Å². The fraction of sp³-hybridized carbons (Fsp3) is 0.565. The standard InChI is InChI=1S/C23H29Cl3N6O5S/c1-13-15(25)16(29-19(13)26)21(34)28-14-2-5-32(6-3-14)23-30-17(18(38-23)22(35)37-12-24)20(33)27-4-7-31-8-10-36-11-9-31/h14,29H,2-12H2,1H3,(H,27,33)(H,28,34). The van der Waals surface area contributed by atoms with E-state index >= 15 is 0 Å². The number of esters is 1. The number of hydrogen-bond acceptors (Lipinski definition) is 9. The number of carbonyl (C=O) groups is 3. The molecule has 0 bridgehead atoms. The molecule has 3 N–H and O–H groups in total. The van der Waals surface area contributed by atoms with Gasteiger partial charge in [-0.3, -0.25) is 14.5 Å². The van der Waals surface area contributed by atoms with Crippen molar-refractivity contribution in [3.63, 3.8) is 0 Å². The van der Waals surface area contributed by atoms with Gasteiger partial charge in [0.05, 0.1) is 18.2 Å². The lowest BCUT2D eigenvalue weighted by atomic mass is 10.1. The van der Waals surface area contributed by atoms with E-state index < -0.39 is 11.9 Å². The molecular formula is C23H29Cl3N6O5S. The van der Waals surface area contributed by atoms with Gasteiger partial charge in [0.15, 0.2) is 16.9 Å². The largest absolute Gasteiger partial charge is 0.445 e. The van der Waals surface area contributed by atoms with Gasteiger partial charge in [0.2, 0.25) is 0 Å². The number of halogens is 3. The monoisotopic (exact) mass is 606 g/mol. The van der Waals surface area contributed by atoms with Crippen LogP contribution in [0.3, 0.4) is 0 Å². The summed E-state index contributed by atoms with van der Waals surface area (Å²) in [5, 5.41) is 7.01. The summed E-state index contributed by atoms with van der Waals surface area (Å²) in [5.74, 6) is -1.46. The maximum Gasteiger partial charge on any atom is 0.352 e. The highest BCUT2D eigenvalue weighted by Crippen LogP contribution is 2.30. The molecule has 4 heterocycles. The fourth-order valence-electron chi connectivity index (χ4n) is 4.26. The second-order valence-electron chi connectivity index (χ2n) is 8.91. The number of piperidine rings is 1. The summed E-state index contributed by atoms with van der Waals surface area (Å²) in [6.07, 6.45) is 1.28. The molecule has 4 rings (SSSR count). The molecule has 2 aliphatic rings. The molecule has 0 aromatic carbocycles. The van der Waals surface area contributed by atoms with Crippen LogP contribution in [-0.4, -0.2) is 97.2 Å². The summed E-state index contributed by atoms with van der Waals surface area (Å²) in [7, 11) is 0. The second-order valence-corrected chi connectivity index (χ2v) is 10.9. The van der Waals surface area contributed by atoms with E-state index in [1.807, 2.05) is 4.90 Å². The zero-order valence-corrected chi connectivity index (χ0v) is 23.9. The van der Waals surface area contributed by atoms with Crippen LogP contribution in [0.1, 0.15) is 49.1 Å². The number of morpholine rings is 1. The average Bonchev–Trinajstić information content (AvgIpc) is 3.47. The van der Waals surface area contributed by atoms with Crippen molar-refractivity contribution in [3.8, 4) is 0 Å². The topological polar surface area (TPSA) is 129 Å². The van der Waals surface area contributed by atoms with E-state index in [4.69, 9.17) is 44.3 Å². The van der Waals surface area contributed by atoms with Crippen molar-refractivity contribution in [2.45, 2.75) is 25.8 Å². The quantitative estimate of drug-likeness (QED) is 0.293. The fourth-order valence-corrected chi connectivity index (χ4v) is 5.83. The lowest BCUT2D eigenvalue weighted by Crippen LogP contribution is -2.45. The van der Waals surface area contributed by atoms with Crippen LogP contribution in [0.4, 0.5) is 5.13 Å². The minimum absolute atomic E-state index is 0.0196. The predicted octanol–water partition coefficient (Wildman–Crippen LogP) is 2.90. The SMILES string of the molecule is Cc1c(Cl)[nH]c(C(=O)NC2CCN(c3nc(C(=O)NCCN4CCOCC4)c(C(=O)OCCl)s3)CC2)c1Cl. The maximum atomic E-state index is 12.9. The Labute approximate surface area is 239 Å². The zero-order chi connectivity index (χ0) is 27.2. The van der Waals surface area contributed by atoms with Gasteiger partial charge >= 0.3 is 5.97 Å². The summed E-state index contributed by atoms with van der Waals surface area (Å²) < 4.78 is 10.3.